The standard InChI is InChI=1S/C33H43N11O16P2S2/c1-15(8-20(47)48)16(45)4-3-5-19(46)42(2)6-7-53-33(50)58-26-24-18(57-32(26)44-14-41-22-28(35)37-12-39-30(22)44)10-55-62(52,64)60-25-23(49)17(9-54-61(51,63)59-24)56-31(25)43-13-40-21-27(34)36-11-38-29(21)43/h11-15,17-18,23-26,31-32,49H,3-10H2,1-2H3,(H,47,48)(H,51,63)(H,52,64)(H2,34,36,38)(H2,35,37,39)/t15?,17-,18-,23-,24-,25-,26-,31-,32-,61?,62?/m1/s1. The Balaban J connectivity index is 1.08. The molecule has 4 aromatic heterocycles. The van der Waals surface area contributed by atoms with E-state index in [0.29, 0.717) is 0 Å². The van der Waals surface area contributed by atoms with Crippen molar-refractivity contribution in [3.05, 3.63) is 25.3 Å². The van der Waals surface area contributed by atoms with Crippen LogP contribution >= 0.6 is 13.4 Å². The topological polar surface area (TPSA) is 366 Å². The van der Waals surface area contributed by atoms with Crippen LogP contribution in [0, 0.1) is 5.92 Å². The number of Topliss-reactive ketones (excluding diaryl/α,β-unsaturated/α-hetero) is 1. The minimum Gasteiger partial charge on any atom is -0.481 e. The zero-order chi connectivity index (χ0) is 46.1. The number of aliphatic hydroxyl groups is 1. The number of amides is 1. The fraction of sp³-hybridized carbons (Fsp3) is 0.576. The molecule has 7 rings (SSSR count). The van der Waals surface area contributed by atoms with Gasteiger partial charge in [-0.1, -0.05) is 6.92 Å². The van der Waals surface area contributed by atoms with E-state index in [9.17, 15) is 34.1 Å². The number of nitrogen functional groups attached to an aromatic ring is 2. The van der Waals surface area contributed by atoms with Gasteiger partial charge in [0.2, 0.25) is 5.91 Å². The number of ether oxygens (including phenoxy) is 4. The Kier molecular flexibility index (Phi) is 14.5. The summed E-state index contributed by atoms with van der Waals surface area (Å²) < 4.78 is 49.5. The zero-order valence-corrected chi connectivity index (χ0v) is 37.2. The Hall–Kier alpha value is -4.48. The second kappa shape index (κ2) is 19.5. The van der Waals surface area contributed by atoms with Crippen LogP contribution in [0.2, 0.25) is 0 Å². The molecule has 2 bridgehead atoms. The molecule has 27 nitrogen and oxygen atoms in total. The number of carboxylic acids is 1. The predicted octanol–water partition coefficient (Wildman–Crippen LogP) is 0.0675. The summed E-state index contributed by atoms with van der Waals surface area (Å²) in [5.74, 6) is -2.37. The number of imidazole rings is 2. The molecule has 64 heavy (non-hydrogen) atoms. The molecule has 3 unspecified atom stereocenters. The average molecular weight is 976 g/mol. The van der Waals surface area contributed by atoms with Gasteiger partial charge in [-0.3, -0.25) is 32.6 Å². The van der Waals surface area contributed by atoms with Gasteiger partial charge in [0.05, 0.1) is 38.8 Å². The number of aliphatic hydroxyl groups excluding tert-OH is 1. The fourth-order valence-corrected chi connectivity index (χ4v) is 9.94. The van der Waals surface area contributed by atoms with Gasteiger partial charge in [-0.2, -0.15) is 0 Å². The summed E-state index contributed by atoms with van der Waals surface area (Å²) in [5.41, 5.74) is 12.7. The number of fused-ring (bicyclic) bond motifs is 5. The Labute approximate surface area is 371 Å². The van der Waals surface area contributed by atoms with Crippen LogP contribution in [-0.4, -0.2) is 158 Å². The molecule has 3 aliphatic rings. The fourth-order valence-electron chi connectivity index (χ4n) is 7.09. The van der Waals surface area contributed by atoms with Crippen molar-refractivity contribution >= 4 is 94.8 Å². The van der Waals surface area contributed by atoms with E-state index in [1.807, 2.05) is 0 Å². The summed E-state index contributed by atoms with van der Waals surface area (Å²) in [6.07, 6.45) is -8.02. The maximum atomic E-state index is 13.4. The van der Waals surface area contributed by atoms with E-state index in [0.717, 1.165) is 6.33 Å². The smallest absolute Gasteiger partial charge is 0.481 e. The molecule has 3 aliphatic heterocycles. The third kappa shape index (κ3) is 10.6. The summed E-state index contributed by atoms with van der Waals surface area (Å²) in [6.45, 7) is -8.99. The highest BCUT2D eigenvalue weighted by molar-refractivity contribution is 8.07. The number of aromatic nitrogens is 8. The number of carboxylic acid groups (broad SMARTS) is 1. The molecule has 4 aromatic rings. The summed E-state index contributed by atoms with van der Waals surface area (Å²) in [7, 11) is 1.46. The third-order valence-corrected chi connectivity index (χ3v) is 13.5. The Morgan fingerprint density at radius 2 is 1.44 bits per heavy atom. The molecule has 0 radical (unpaired) electrons. The van der Waals surface area contributed by atoms with Crippen LogP contribution in [0.1, 0.15) is 45.1 Å². The number of aliphatic carboxylic acids is 1. The van der Waals surface area contributed by atoms with Crippen LogP contribution in [0.5, 0.6) is 0 Å². The van der Waals surface area contributed by atoms with Gasteiger partial charge in [0.25, 0.3) is 0 Å². The molecule has 0 aromatic carbocycles. The first kappa shape index (κ1) is 47.5. The lowest BCUT2D eigenvalue weighted by Crippen LogP contribution is -2.39. The molecule has 11 atom stereocenters. The van der Waals surface area contributed by atoms with Gasteiger partial charge >= 0.3 is 25.6 Å². The highest BCUT2D eigenvalue weighted by atomic mass is 32.5. The number of anilines is 2. The molecule has 0 spiro atoms. The first-order chi connectivity index (χ1) is 30.3. The number of carbonyl (C=O) groups is 4. The number of carbonyl (C=O) groups excluding carboxylic acids is 3. The largest absolute Gasteiger partial charge is 0.508 e. The molecule has 348 valence electrons. The van der Waals surface area contributed by atoms with Gasteiger partial charge in [0.1, 0.15) is 66.6 Å². The summed E-state index contributed by atoms with van der Waals surface area (Å²) in [6, 6.07) is 0. The maximum Gasteiger partial charge on any atom is 0.508 e. The van der Waals surface area contributed by atoms with Crippen LogP contribution in [0.3, 0.4) is 0 Å². The number of rotatable bonds is 13. The van der Waals surface area contributed by atoms with Crippen molar-refractivity contribution in [2.45, 2.75) is 81.7 Å². The van der Waals surface area contributed by atoms with Gasteiger partial charge in [-0.15, -0.1) is 0 Å². The number of hydrogen-bond acceptors (Lipinski definition) is 23. The maximum absolute atomic E-state index is 13.4. The third-order valence-electron chi connectivity index (χ3n) is 10.4. The molecule has 3 saturated heterocycles. The van der Waals surface area contributed by atoms with E-state index in [2.05, 4.69) is 29.9 Å². The van der Waals surface area contributed by atoms with Crippen molar-refractivity contribution in [3.63, 3.8) is 0 Å². The molecule has 0 aliphatic carbocycles. The Morgan fingerprint density at radius 1 is 0.875 bits per heavy atom. The molecule has 3 fully saturated rings. The van der Waals surface area contributed by atoms with Gasteiger partial charge in [-0.05, 0) is 30.0 Å². The molecular weight excluding hydrogens is 933 g/mol. The van der Waals surface area contributed by atoms with Crippen LogP contribution in [0.25, 0.3) is 22.3 Å². The minimum absolute atomic E-state index is 0.00750. The number of hydrogen-bond donors (Lipinski definition) is 6. The van der Waals surface area contributed by atoms with Crippen LogP contribution in [-0.2, 0) is 75.0 Å². The van der Waals surface area contributed by atoms with Gasteiger partial charge in [0.15, 0.2) is 41.5 Å². The van der Waals surface area contributed by atoms with Crippen molar-refractivity contribution in [2.24, 2.45) is 5.92 Å². The normalized spacial score (nSPS) is 30.1. The summed E-state index contributed by atoms with van der Waals surface area (Å²) in [5, 5.41) is 20.3. The SMILES string of the molecule is CC(CC(=O)O)C(=O)CCCC(=O)N(C)CCOC(=O)O[C@@H]1[C@@H]2OP(O)(=S)OC[C@H]3O[C@@H](n4cnc5c(N)ncnc54)[C@H](OP(O)(=S)OC[C@H]2O[C@H]1n1cnc2c(N)ncnc21)[C@@H]3O. The lowest BCUT2D eigenvalue weighted by atomic mass is 9.98. The monoisotopic (exact) mass is 975 g/mol. The molecule has 1 amide bonds. The Morgan fingerprint density at radius 3 is 2.05 bits per heavy atom. The molecule has 31 heteroatoms. The van der Waals surface area contributed by atoms with E-state index < -0.39 is 93.8 Å². The van der Waals surface area contributed by atoms with E-state index in [-0.39, 0.29) is 84.5 Å². The minimum atomic E-state index is -4.42. The molecule has 7 heterocycles. The summed E-state index contributed by atoms with van der Waals surface area (Å²) >= 11 is 10.8. The van der Waals surface area contributed by atoms with E-state index in [1.54, 1.807) is 0 Å². The second-order valence-electron chi connectivity index (χ2n) is 14.8. The van der Waals surface area contributed by atoms with Gasteiger partial charge in [0, 0.05) is 25.8 Å². The number of likely N-dealkylation sites (N-methyl/N-ethyl adjacent to an activating group) is 1. The van der Waals surface area contributed by atoms with Gasteiger partial charge < -0.3 is 64.4 Å². The summed E-state index contributed by atoms with van der Waals surface area (Å²) in [4.78, 5) is 98.2. The molecule has 0 saturated carbocycles. The van der Waals surface area contributed by atoms with Crippen molar-refractivity contribution in [2.75, 3.05) is 44.9 Å². The first-order valence-corrected chi connectivity index (χ1v) is 24.5. The Bertz CT molecular complexity index is 2500. The predicted molar refractivity (Wildman–Crippen MR) is 222 cm³/mol. The van der Waals surface area contributed by atoms with Gasteiger partial charge in [-0.25, -0.2) is 34.7 Å². The molecule has 8 N–H and O–H groups in total. The first-order valence-electron chi connectivity index (χ1n) is 19.3. The van der Waals surface area contributed by atoms with Crippen LogP contribution in [0.15, 0.2) is 25.3 Å². The number of ketones is 1. The van der Waals surface area contributed by atoms with Crippen LogP contribution < -0.4 is 11.5 Å². The van der Waals surface area contributed by atoms with Crippen molar-refractivity contribution in [1.82, 2.24) is 43.9 Å². The van der Waals surface area contributed by atoms with Crippen molar-refractivity contribution in [1.29, 1.82) is 0 Å². The number of nitrogens with zero attached hydrogens (tertiary/aromatic N) is 9. The van der Waals surface area contributed by atoms with Crippen LogP contribution in [0.4, 0.5) is 16.4 Å². The van der Waals surface area contributed by atoms with E-state index in [1.165, 1.54) is 47.0 Å². The van der Waals surface area contributed by atoms with Crippen molar-refractivity contribution in [3.8, 4) is 0 Å². The molecular formula is C33H43N11O16P2S2. The average Bonchev–Trinajstić information content (AvgIpc) is 4.00. The van der Waals surface area contributed by atoms with Crippen molar-refractivity contribution < 1.29 is 76.2 Å². The second-order valence-corrected chi connectivity index (χ2v) is 20.4. The number of nitrogens with two attached hydrogens (primary N) is 2. The highest BCUT2D eigenvalue weighted by Gasteiger charge is 2.54. The lowest BCUT2D eigenvalue weighted by molar-refractivity contribution is -0.140. The van der Waals surface area contributed by atoms with E-state index >= 15 is 0 Å². The van der Waals surface area contributed by atoms with E-state index in [4.69, 9.17) is 77.2 Å². The quantitative estimate of drug-likeness (QED) is 0.0762. The lowest BCUT2D eigenvalue weighted by Gasteiger charge is -2.29. The highest BCUT2D eigenvalue weighted by Crippen LogP contribution is 2.54. The zero-order valence-electron chi connectivity index (χ0n) is 33.7.